The van der Waals surface area contributed by atoms with Gasteiger partial charge < -0.3 is 14.5 Å². The first-order valence-electron chi connectivity index (χ1n) is 11.8. The number of halogens is 1. The van der Waals surface area contributed by atoms with E-state index in [2.05, 4.69) is 0 Å². The maximum atomic E-state index is 14.2. The molecular weight excluding hydrogens is 481 g/mol. The molecule has 1 amide bonds. The lowest BCUT2D eigenvalue weighted by atomic mass is 10.0. The van der Waals surface area contributed by atoms with Crippen LogP contribution in [0, 0.1) is 5.82 Å². The van der Waals surface area contributed by atoms with Crippen LogP contribution in [0.5, 0.6) is 5.75 Å². The predicted octanol–water partition coefficient (Wildman–Crippen LogP) is 3.94. The smallest absolute Gasteiger partial charge is 0.243 e. The number of ether oxygens (including phenoxy) is 1. The van der Waals surface area contributed by atoms with E-state index in [1.807, 2.05) is 4.90 Å². The Morgan fingerprint density at radius 2 is 1.56 bits per heavy atom. The fraction of sp³-hybridized carbons (Fsp3) is 0.296. The van der Waals surface area contributed by atoms with E-state index in [0.717, 1.165) is 0 Å². The third-order valence-electron chi connectivity index (χ3n) is 6.55. The molecule has 3 aromatic rings. The molecule has 0 radical (unpaired) electrons. The quantitative estimate of drug-likeness (QED) is 0.458. The maximum Gasteiger partial charge on any atom is 0.243 e. The lowest BCUT2D eigenvalue weighted by Gasteiger charge is -2.37. The number of hydrogen-bond donors (Lipinski definition) is 0. The highest BCUT2D eigenvalue weighted by Gasteiger charge is 2.33. The van der Waals surface area contributed by atoms with Crippen LogP contribution >= 0.6 is 0 Å². The Morgan fingerprint density at radius 3 is 2.17 bits per heavy atom. The summed E-state index contributed by atoms with van der Waals surface area (Å²) in [4.78, 5) is 17.2. The summed E-state index contributed by atoms with van der Waals surface area (Å²) in [6, 6.07) is 21.1. The molecule has 1 saturated heterocycles. The summed E-state index contributed by atoms with van der Waals surface area (Å²) in [5, 5.41) is 0. The van der Waals surface area contributed by atoms with E-state index in [1.54, 1.807) is 84.8 Å². The maximum absolute atomic E-state index is 14.2. The molecule has 0 bridgehead atoms. The van der Waals surface area contributed by atoms with E-state index in [1.165, 1.54) is 17.4 Å². The zero-order valence-corrected chi connectivity index (χ0v) is 21.2. The molecule has 0 N–H and O–H groups in total. The van der Waals surface area contributed by atoms with Gasteiger partial charge in [-0.3, -0.25) is 4.79 Å². The topological polar surface area (TPSA) is 70.2 Å². The summed E-state index contributed by atoms with van der Waals surface area (Å²) in [5.74, 6) is 0.199. The van der Waals surface area contributed by atoms with E-state index in [4.69, 9.17) is 4.74 Å². The van der Waals surface area contributed by atoms with Gasteiger partial charge in [0.1, 0.15) is 11.6 Å². The minimum Gasteiger partial charge on any atom is -0.497 e. The lowest BCUT2D eigenvalue weighted by Crippen LogP contribution is -2.49. The number of anilines is 1. The Hall–Kier alpha value is -3.43. The van der Waals surface area contributed by atoms with E-state index < -0.39 is 16.1 Å². The first kappa shape index (κ1) is 25.7. The molecule has 9 heteroatoms. The Morgan fingerprint density at radius 1 is 0.944 bits per heavy atom. The second-order valence-corrected chi connectivity index (χ2v) is 10.6. The molecule has 0 spiro atoms. The number of benzene rings is 3. The van der Waals surface area contributed by atoms with Crippen LogP contribution in [0.25, 0.3) is 0 Å². The Balaban J connectivity index is 1.53. The molecule has 1 aliphatic rings. The van der Waals surface area contributed by atoms with E-state index in [0.29, 0.717) is 43.2 Å². The molecular formula is C27H30FN3O4S. The predicted molar refractivity (Wildman–Crippen MR) is 137 cm³/mol. The molecule has 1 heterocycles. The summed E-state index contributed by atoms with van der Waals surface area (Å²) in [6.07, 6.45) is -0.0193. The van der Waals surface area contributed by atoms with Crippen LogP contribution in [0.2, 0.25) is 0 Å². The molecule has 0 aromatic heterocycles. The van der Waals surface area contributed by atoms with Crippen molar-refractivity contribution in [3.8, 4) is 5.75 Å². The average Bonchev–Trinajstić information content (AvgIpc) is 2.92. The normalized spacial score (nSPS) is 15.1. The summed E-state index contributed by atoms with van der Waals surface area (Å²) < 4.78 is 47.5. The van der Waals surface area contributed by atoms with Crippen LogP contribution < -0.4 is 9.64 Å². The minimum absolute atomic E-state index is 0.0193. The molecule has 1 fully saturated rings. The van der Waals surface area contributed by atoms with Crippen molar-refractivity contribution in [3.05, 3.63) is 90.2 Å². The highest BCUT2D eigenvalue weighted by molar-refractivity contribution is 7.89. The minimum atomic E-state index is -3.85. The Labute approximate surface area is 211 Å². The molecule has 0 aliphatic carbocycles. The number of methoxy groups -OCH3 is 1. The number of para-hydroxylation sites is 1. The Kier molecular flexibility index (Phi) is 7.91. The van der Waals surface area contributed by atoms with Crippen LogP contribution in [-0.4, -0.2) is 63.9 Å². The van der Waals surface area contributed by atoms with Gasteiger partial charge in [0.2, 0.25) is 15.9 Å². The van der Waals surface area contributed by atoms with E-state index in [-0.39, 0.29) is 23.0 Å². The van der Waals surface area contributed by atoms with Gasteiger partial charge in [-0.05, 0) is 42.0 Å². The number of amides is 1. The number of carbonyl (C=O) groups is 1. The van der Waals surface area contributed by atoms with Gasteiger partial charge in [0.05, 0.1) is 23.7 Å². The van der Waals surface area contributed by atoms with Crippen molar-refractivity contribution in [2.45, 2.75) is 17.4 Å². The van der Waals surface area contributed by atoms with Gasteiger partial charge in [-0.2, -0.15) is 4.31 Å². The lowest BCUT2D eigenvalue weighted by molar-refractivity contribution is -0.132. The van der Waals surface area contributed by atoms with Crippen LogP contribution in [0.3, 0.4) is 0 Å². The van der Waals surface area contributed by atoms with Gasteiger partial charge in [0, 0.05) is 39.6 Å². The number of piperazine rings is 1. The molecule has 0 unspecified atom stereocenters. The van der Waals surface area contributed by atoms with Crippen molar-refractivity contribution in [1.29, 1.82) is 0 Å². The van der Waals surface area contributed by atoms with E-state index in [9.17, 15) is 17.6 Å². The van der Waals surface area contributed by atoms with Gasteiger partial charge in [-0.25, -0.2) is 12.8 Å². The molecule has 36 heavy (non-hydrogen) atoms. The number of carbonyl (C=O) groups excluding carboxylic acids is 1. The largest absolute Gasteiger partial charge is 0.497 e. The monoisotopic (exact) mass is 511 g/mol. The number of hydrogen-bond acceptors (Lipinski definition) is 5. The summed E-state index contributed by atoms with van der Waals surface area (Å²) >= 11 is 0. The second-order valence-electron chi connectivity index (χ2n) is 8.65. The summed E-state index contributed by atoms with van der Waals surface area (Å²) in [7, 11) is -0.787. The molecule has 3 aromatic carbocycles. The van der Waals surface area contributed by atoms with Crippen LogP contribution in [0.1, 0.15) is 18.0 Å². The van der Waals surface area contributed by atoms with Crippen molar-refractivity contribution in [3.63, 3.8) is 0 Å². The van der Waals surface area contributed by atoms with E-state index >= 15 is 0 Å². The molecule has 0 saturated carbocycles. The summed E-state index contributed by atoms with van der Waals surface area (Å²) in [6.45, 7) is 1.85. The number of nitrogens with zero attached hydrogens (tertiary/aromatic N) is 3. The summed E-state index contributed by atoms with van der Waals surface area (Å²) in [5.41, 5.74) is 1.21. The SMILES string of the molecule is COc1ccc([C@@H](CC(=O)N2CCN(c3ccccc3F)CC2)N(C)S(=O)(=O)c2ccccc2)cc1. The third-order valence-corrected chi connectivity index (χ3v) is 8.43. The number of rotatable bonds is 8. The first-order chi connectivity index (χ1) is 17.3. The molecule has 4 rings (SSSR count). The highest BCUT2D eigenvalue weighted by Crippen LogP contribution is 2.31. The zero-order chi connectivity index (χ0) is 25.7. The fourth-order valence-electron chi connectivity index (χ4n) is 4.41. The molecule has 1 aliphatic heterocycles. The van der Waals surface area contributed by atoms with Crippen molar-refractivity contribution < 1.29 is 22.3 Å². The van der Waals surface area contributed by atoms with Crippen LogP contribution in [0.15, 0.2) is 83.8 Å². The van der Waals surface area contributed by atoms with Crippen LogP contribution in [0.4, 0.5) is 10.1 Å². The molecule has 7 nitrogen and oxygen atoms in total. The van der Waals surface area contributed by atoms with Gasteiger partial charge in [-0.1, -0.05) is 42.5 Å². The Bertz CT molecular complexity index is 1280. The standard InChI is InChI=1S/C27H30FN3O4S/c1-29(36(33,34)23-8-4-3-5-9-23)26(21-12-14-22(35-2)15-13-21)20-27(32)31-18-16-30(17-19-31)25-11-7-6-10-24(25)28/h3-15,26H,16-20H2,1-2H3/t26-/m1/s1. The molecule has 190 valence electrons. The second kappa shape index (κ2) is 11.1. The van der Waals surface area contributed by atoms with Gasteiger partial charge in [0.25, 0.3) is 0 Å². The molecule has 1 atom stereocenters. The van der Waals surface area contributed by atoms with Crippen molar-refractivity contribution in [1.82, 2.24) is 9.21 Å². The highest BCUT2D eigenvalue weighted by atomic mass is 32.2. The van der Waals surface area contributed by atoms with Gasteiger partial charge >= 0.3 is 0 Å². The fourth-order valence-corrected chi connectivity index (χ4v) is 5.77. The number of sulfonamides is 1. The van der Waals surface area contributed by atoms with Gasteiger partial charge in [0.15, 0.2) is 0 Å². The first-order valence-corrected chi connectivity index (χ1v) is 13.2. The van der Waals surface area contributed by atoms with Crippen molar-refractivity contribution in [2.75, 3.05) is 45.2 Å². The average molecular weight is 512 g/mol. The van der Waals surface area contributed by atoms with Crippen LogP contribution in [-0.2, 0) is 14.8 Å². The van der Waals surface area contributed by atoms with Gasteiger partial charge in [-0.15, -0.1) is 0 Å². The third kappa shape index (κ3) is 5.52. The zero-order valence-electron chi connectivity index (χ0n) is 20.4. The van der Waals surface area contributed by atoms with Crippen molar-refractivity contribution >= 4 is 21.6 Å². The van der Waals surface area contributed by atoms with Crippen molar-refractivity contribution in [2.24, 2.45) is 0 Å².